The molecule has 0 saturated carbocycles. The van der Waals surface area contributed by atoms with E-state index in [1.165, 1.54) is 24.3 Å². The smallest absolute Gasteiger partial charge is 0.315 e. The third-order valence-corrected chi connectivity index (χ3v) is 4.25. The number of rotatable bonds is 7. The van der Waals surface area contributed by atoms with E-state index >= 15 is 0 Å². The van der Waals surface area contributed by atoms with Crippen LogP contribution in [0.1, 0.15) is 31.0 Å². The van der Waals surface area contributed by atoms with Gasteiger partial charge in [0.2, 0.25) is 5.91 Å². The molecule has 2 aromatic rings. The average molecular weight is 375 g/mol. The number of hydrogen-bond acceptors (Lipinski definition) is 2. The summed E-state index contributed by atoms with van der Waals surface area (Å²) in [5, 5.41) is 5.13. The normalized spacial score (nSPS) is 11.6. The molecule has 0 heterocycles. The summed E-state index contributed by atoms with van der Waals surface area (Å²) in [5.74, 6) is -0.921. The summed E-state index contributed by atoms with van der Waals surface area (Å²) in [6.07, 6.45) is 0. The molecule has 2 rings (SSSR count). The number of amides is 3. The van der Waals surface area contributed by atoms with E-state index in [1.54, 1.807) is 29.2 Å². The van der Waals surface area contributed by atoms with Crippen LogP contribution in [0.5, 0.6) is 0 Å². The molecule has 0 aromatic heterocycles. The fraction of sp³-hybridized carbons (Fsp3) is 0.300. The number of likely N-dealkylation sites (N-methyl/N-ethyl adjacent to an activating group) is 1. The Morgan fingerprint density at radius 1 is 0.963 bits per heavy atom. The van der Waals surface area contributed by atoms with Gasteiger partial charge in [0.1, 0.15) is 11.6 Å². The van der Waals surface area contributed by atoms with Crippen LogP contribution in [0.2, 0.25) is 0 Å². The second-order valence-electron chi connectivity index (χ2n) is 6.07. The van der Waals surface area contributed by atoms with Gasteiger partial charge in [-0.15, -0.1) is 0 Å². The van der Waals surface area contributed by atoms with Crippen molar-refractivity contribution in [3.8, 4) is 0 Å². The van der Waals surface area contributed by atoms with Crippen LogP contribution >= 0.6 is 0 Å². The molecule has 0 spiro atoms. The maximum absolute atomic E-state index is 13.1. The Hall–Kier alpha value is -2.96. The van der Waals surface area contributed by atoms with E-state index in [0.717, 1.165) is 11.1 Å². The summed E-state index contributed by atoms with van der Waals surface area (Å²) in [5.41, 5.74) is 1.56. The van der Waals surface area contributed by atoms with E-state index in [2.05, 4.69) is 10.6 Å². The summed E-state index contributed by atoms with van der Waals surface area (Å²) in [4.78, 5) is 25.9. The van der Waals surface area contributed by atoms with Crippen molar-refractivity contribution >= 4 is 11.9 Å². The van der Waals surface area contributed by atoms with E-state index in [1.807, 2.05) is 13.8 Å². The number of hydrogen-bond donors (Lipinski definition) is 2. The van der Waals surface area contributed by atoms with Crippen LogP contribution in [0.15, 0.2) is 48.5 Å². The maximum Gasteiger partial charge on any atom is 0.315 e. The molecule has 1 atom stereocenters. The second-order valence-corrected chi connectivity index (χ2v) is 6.07. The molecule has 27 heavy (non-hydrogen) atoms. The first-order valence-electron chi connectivity index (χ1n) is 8.71. The first kappa shape index (κ1) is 20.4. The highest BCUT2D eigenvalue weighted by Gasteiger charge is 2.20. The minimum atomic E-state index is -0.488. The largest absolute Gasteiger partial charge is 0.335 e. The van der Waals surface area contributed by atoms with Crippen molar-refractivity contribution in [3.05, 3.63) is 71.3 Å². The lowest BCUT2D eigenvalue weighted by atomic mass is 10.1. The van der Waals surface area contributed by atoms with Crippen molar-refractivity contribution < 1.29 is 18.4 Å². The molecule has 1 unspecified atom stereocenters. The lowest BCUT2D eigenvalue weighted by molar-refractivity contribution is -0.132. The van der Waals surface area contributed by atoms with E-state index < -0.39 is 6.03 Å². The van der Waals surface area contributed by atoms with Crippen molar-refractivity contribution in [2.45, 2.75) is 26.4 Å². The van der Waals surface area contributed by atoms with Crippen molar-refractivity contribution in [1.29, 1.82) is 0 Å². The Bertz CT molecular complexity index is 764. The Morgan fingerprint density at radius 2 is 1.52 bits per heavy atom. The molecule has 7 heteroatoms. The van der Waals surface area contributed by atoms with Crippen LogP contribution in [0.3, 0.4) is 0 Å². The lowest BCUT2D eigenvalue weighted by Crippen LogP contribution is -2.44. The Balaban J connectivity index is 1.83. The van der Waals surface area contributed by atoms with Gasteiger partial charge in [-0.2, -0.15) is 0 Å². The standard InChI is InChI=1S/C20H23F2N3O2/c1-3-25(14(2)16-6-10-18(22)11-7-16)19(26)13-24-20(27)23-12-15-4-8-17(21)9-5-15/h4-11,14H,3,12-13H2,1-2H3,(H2,23,24,27). The van der Waals surface area contributed by atoms with Crippen LogP contribution in [0, 0.1) is 11.6 Å². The minimum Gasteiger partial charge on any atom is -0.335 e. The first-order valence-corrected chi connectivity index (χ1v) is 8.71. The Morgan fingerprint density at radius 3 is 2.07 bits per heavy atom. The third kappa shape index (κ3) is 6.06. The monoisotopic (exact) mass is 375 g/mol. The molecule has 2 N–H and O–H groups in total. The maximum atomic E-state index is 13.1. The molecule has 5 nitrogen and oxygen atoms in total. The summed E-state index contributed by atoms with van der Waals surface area (Å²) >= 11 is 0. The predicted molar refractivity (Wildman–Crippen MR) is 98.8 cm³/mol. The predicted octanol–water partition coefficient (Wildman–Crippen LogP) is 3.37. The topological polar surface area (TPSA) is 61.4 Å². The van der Waals surface area contributed by atoms with Crippen molar-refractivity contribution in [3.63, 3.8) is 0 Å². The number of nitrogens with one attached hydrogen (secondary N) is 2. The molecule has 0 fully saturated rings. The van der Waals surface area contributed by atoms with Gasteiger partial charge in [0.05, 0.1) is 12.6 Å². The number of carbonyl (C=O) groups excluding carboxylic acids is 2. The van der Waals surface area contributed by atoms with Crippen molar-refractivity contribution in [2.75, 3.05) is 13.1 Å². The van der Waals surface area contributed by atoms with Crippen LogP contribution in [0.25, 0.3) is 0 Å². The Labute approximate surface area is 157 Å². The number of halogens is 2. The highest BCUT2D eigenvalue weighted by atomic mass is 19.1. The molecular formula is C20H23F2N3O2. The fourth-order valence-electron chi connectivity index (χ4n) is 2.69. The quantitative estimate of drug-likeness (QED) is 0.779. The molecule has 0 saturated heterocycles. The summed E-state index contributed by atoms with van der Waals surface area (Å²) in [7, 11) is 0. The molecule has 0 aliphatic rings. The van der Waals surface area contributed by atoms with Gasteiger partial charge in [-0.3, -0.25) is 4.79 Å². The number of nitrogens with zero attached hydrogens (tertiary/aromatic N) is 1. The van der Waals surface area contributed by atoms with Gasteiger partial charge in [0.25, 0.3) is 0 Å². The van der Waals surface area contributed by atoms with Crippen LogP contribution < -0.4 is 10.6 Å². The number of benzene rings is 2. The zero-order valence-electron chi connectivity index (χ0n) is 15.3. The molecule has 0 aliphatic heterocycles. The summed E-state index contributed by atoms with van der Waals surface area (Å²) in [6.45, 7) is 4.21. The lowest BCUT2D eigenvalue weighted by Gasteiger charge is -2.28. The van der Waals surface area contributed by atoms with Gasteiger partial charge in [-0.05, 0) is 49.2 Å². The van der Waals surface area contributed by atoms with E-state index in [-0.39, 0.29) is 36.7 Å². The first-order chi connectivity index (χ1) is 12.9. The molecule has 144 valence electrons. The summed E-state index contributed by atoms with van der Waals surface area (Å²) < 4.78 is 25.9. The number of urea groups is 1. The third-order valence-electron chi connectivity index (χ3n) is 4.25. The minimum absolute atomic E-state index is 0.158. The highest BCUT2D eigenvalue weighted by Crippen LogP contribution is 2.20. The van der Waals surface area contributed by atoms with Crippen molar-refractivity contribution in [1.82, 2.24) is 15.5 Å². The van der Waals surface area contributed by atoms with Gasteiger partial charge in [-0.1, -0.05) is 24.3 Å². The van der Waals surface area contributed by atoms with Crippen LogP contribution in [0.4, 0.5) is 13.6 Å². The zero-order chi connectivity index (χ0) is 19.8. The van der Waals surface area contributed by atoms with Gasteiger partial charge in [0, 0.05) is 13.1 Å². The van der Waals surface area contributed by atoms with Gasteiger partial charge < -0.3 is 15.5 Å². The highest BCUT2D eigenvalue weighted by molar-refractivity contribution is 5.84. The molecule has 3 amide bonds. The summed E-state index contributed by atoms with van der Waals surface area (Å²) in [6, 6.07) is 11.0. The Kier molecular flexibility index (Phi) is 7.28. The van der Waals surface area contributed by atoms with Gasteiger partial charge in [-0.25, -0.2) is 13.6 Å². The van der Waals surface area contributed by atoms with E-state index in [4.69, 9.17) is 0 Å². The molecule has 0 radical (unpaired) electrons. The van der Waals surface area contributed by atoms with Crippen molar-refractivity contribution in [2.24, 2.45) is 0 Å². The zero-order valence-corrected chi connectivity index (χ0v) is 15.3. The second kappa shape index (κ2) is 9.66. The fourth-order valence-corrected chi connectivity index (χ4v) is 2.69. The van der Waals surface area contributed by atoms with Crippen LogP contribution in [-0.2, 0) is 11.3 Å². The SMILES string of the molecule is CCN(C(=O)CNC(=O)NCc1ccc(F)cc1)C(C)c1ccc(F)cc1. The van der Waals surface area contributed by atoms with E-state index in [0.29, 0.717) is 6.54 Å². The molecular weight excluding hydrogens is 352 g/mol. The van der Waals surface area contributed by atoms with E-state index in [9.17, 15) is 18.4 Å². The van der Waals surface area contributed by atoms with Gasteiger partial charge >= 0.3 is 6.03 Å². The molecule has 0 aliphatic carbocycles. The van der Waals surface area contributed by atoms with Gasteiger partial charge in [0.15, 0.2) is 0 Å². The number of carbonyl (C=O) groups is 2. The molecule has 2 aromatic carbocycles. The molecule has 0 bridgehead atoms. The average Bonchev–Trinajstić information content (AvgIpc) is 2.67. The van der Waals surface area contributed by atoms with Crippen LogP contribution in [-0.4, -0.2) is 29.9 Å².